The first-order valence-corrected chi connectivity index (χ1v) is 9.00. The first-order chi connectivity index (χ1) is 7.47. The maximum atomic E-state index is 11.8. The van der Waals surface area contributed by atoms with Gasteiger partial charge in [-0.05, 0) is 47.3 Å². The van der Waals surface area contributed by atoms with Gasteiger partial charge in [0.25, 0.3) is 0 Å². The molecule has 0 fully saturated rings. The number of unbranched alkanes of at least 4 members (excludes halogenated alkanes) is 1. The average molecular weight is 391 g/mol. The quantitative estimate of drug-likeness (QED) is 0.598. The summed E-state index contributed by atoms with van der Waals surface area (Å²) in [5, 5.41) is 0.901. The number of rotatable bonds is 6. The van der Waals surface area contributed by atoms with Gasteiger partial charge in [-0.25, -0.2) is 13.1 Å². The summed E-state index contributed by atoms with van der Waals surface area (Å²) in [7, 11) is -3.32. The zero-order valence-electron chi connectivity index (χ0n) is 8.79. The van der Waals surface area contributed by atoms with Crippen molar-refractivity contribution in [2.75, 3.05) is 11.9 Å². The van der Waals surface area contributed by atoms with Crippen LogP contribution in [0.25, 0.3) is 0 Å². The molecule has 1 aromatic rings. The molecule has 0 saturated heterocycles. The zero-order chi connectivity index (χ0) is 12.2. The van der Waals surface area contributed by atoms with Crippen LogP contribution in [0.5, 0.6) is 0 Å². The molecule has 0 radical (unpaired) electrons. The van der Waals surface area contributed by atoms with Crippen molar-refractivity contribution in [3.05, 3.63) is 15.4 Å². The number of alkyl halides is 1. The second-order valence-corrected chi connectivity index (χ2v) is 8.47. The predicted molar refractivity (Wildman–Crippen MR) is 75.0 cm³/mol. The minimum atomic E-state index is -3.32. The van der Waals surface area contributed by atoms with E-state index in [0.29, 0.717) is 10.8 Å². The Kier molecular flexibility index (Phi) is 5.93. The molecule has 0 amide bonds. The van der Waals surface area contributed by atoms with E-state index < -0.39 is 10.0 Å². The van der Waals surface area contributed by atoms with Crippen molar-refractivity contribution in [1.82, 2.24) is 4.72 Å². The summed E-state index contributed by atoms with van der Waals surface area (Å²) in [5.74, 6) is 0. The minimum absolute atomic E-state index is 0.371. The van der Waals surface area contributed by atoms with Crippen LogP contribution in [0.3, 0.4) is 0 Å². The van der Waals surface area contributed by atoms with Crippen LogP contribution in [0, 0.1) is 6.92 Å². The van der Waals surface area contributed by atoms with E-state index in [1.807, 2.05) is 6.92 Å². The molecule has 16 heavy (non-hydrogen) atoms. The highest BCUT2D eigenvalue weighted by atomic mass is 79.9. The van der Waals surface area contributed by atoms with Crippen molar-refractivity contribution in [2.45, 2.75) is 24.0 Å². The molecular formula is C9H13Br2NO2S2. The summed E-state index contributed by atoms with van der Waals surface area (Å²) in [6.07, 6.45) is 1.81. The molecule has 0 aliphatic carbocycles. The van der Waals surface area contributed by atoms with Crippen LogP contribution < -0.4 is 4.72 Å². The van der Waals surface area contributed by atoms with Crippen LogP contribution >= 0.6 is 43.2 Å². The number of hydrogen-bond acceptors (Lipinski definition) is 3. The van der Waals surface area contributed by atoms with Gasteiger partial charge in [0.1, 0.15) is 4.21 Å². The number of thiophene rings is 1. The highest BCUT2D eigenvalue weighted by Crippen LogP contribution is 2.30. The van der Waals surface area contributed by atoms with E-state index in [1.54, 1.807) is 6.07 Å². The third-order valence-electron chi connectivity index (χ3n) is 1.95. The highest BCUT2D eigenvalue weighted by Gasteiger charge is 2.17. The molecule has 0 atom stereocenters. The summed E-state index contributed by atoms with van der Waals surface area (Å²) in [5.41, 5.74) is 0.950. The fourth-order valence-electron chi connectivity index (χ4n) is 1.06. The average Bonchev–Trinajstić information content (AvgIpc) is 2.55. The molecule has 1 rings (SSSR count). The standard InChI is InChI=1S/C9H13Br2NO2S2/c1-7-6-8(15-9(7)11)16(13,14)12-5-3-2-4-10/h6,12H,2-5H2,1H3. The lowest BCUT2D eigenvalue weighted by atomic mass is 10.3. The van der Waals surface area contributed by atoms with E-state index in [4.69, 9.17) is 0 Å². The highest BCUT2D eigenvalue weighted by molar-refractivity contribution is 9.11. The van der Waals surface area contributed by atoms with Gasteiger partial charge < -0.3 is 0 Å². The number of aryl methyl sites for hydroxylation is 1. The van der Waals surface area contributed by atoms with Crippen LogP contribution in [0.1, 0.15) is 18.4 Å². The largest absolute Gasteiger partial charge is 0.250 e. The van der Waals surface area contributed by atoms with E-state index >= 15 is 0 Å². The van der Waals surface area contributed by atoms with Crippen LogP contribution in [-0.2, 0) is 10.0 Å². The Balaban J connectivity index is 2.64. The van der Waals surface area contributed by atoms with E-state index in [0.717, 1.165) is 27.5 Å². The van der Waals surface area contributed by atoms with Gasteiger partial charge in [-0.2, -0.15) is 0 Å². The number of sulfonamides is 1. The van der Waals surface area contributed by atoms with Gasteiger partial charge >= 0.3 is 0 Å². The molecule has 1 aromatic heterocycles. The van der Waals surface area contributed by atoms with Crippen molar-refractivity contribution in [1.29, 1.82) is 0 Å². The Morgan fingerprint density at radius 2 is 2.12 bits per heavy atom. The fourth-order valence-corrected chi connectivity index (χ4v) is 4.80. The lowest BCUT2D eigenvalue weighted by Gasteiger charge is -2.03. The Hall–Kier alpha value is 0.570. The Morgan fingerprint density at radius 1 is 1.44 bits per heavy atom. The van der Waals surface area contributed by atoms with Gasteiger partial charge in [0, 0.05) is 11.9 Å². The normalized spacial score (nSPS) is 11.9. The number of hydrogen-bond donors (Lipinski definition) is 1. The van der Waals surface area contributed by atoms with Crippen LogP contribution in [0.4, 0.5) is 0 Å². The summed E-state index contributed by atoms with van der Waals surface area (Å²) in [6, 6.07) is 1.68. The fraction of sp³-hybridized carbons (Fsp3) is 0.556. The molecule has 7 heteroatoms. The molecular weight excluding hydrogens is 378 g/mol. The van der Waals surface area contributed by atoms with Gasteiger partial charge in [-0.3, -0.25) is 0 Å². The molecule has 1 N–H and O–H groups in total. The molecule has 0 unspecified atom stereocenters. The van der Waals surface area contributed by atoms with Crippen molar-refractivity contribution < 1.29 is 8.42 Å². The van der Waals surface area contributed by atoms with E-state index in [-0.39, 0.29) is 0 Å². The van der Waals surface area contributed by atoms with Crippen molar-refractivity contribution >= 4 is 53.2 Å². The Bertz CT molecular complexity index is 423. The molecule has 0 aliphatic heterocycles. The maximum Gasteiger partial charge on any atom is 0.250 e. The molecule has 0 saturated carbocycles. The van der Waals surface area contributed by atoms with Crippen molar-refractivity contribution in [3.63, 3.8) is 0 Å². The molecule has 1 heterocycles. The zero-order valence-corrected chi connectivity index (χ0v) is 13.6. The Labute approximate surface area is 117 Å². The SMILES string of the molecule is Cc1cc(S(=O)(=O)NCCCCBr)sc1Br. The molecule has 92 valence electrons. The van der Waals surface area contributed by atoms with Gasteiger partial charge in [-0.1, -0.05) is 15.9 Å². The van der Waals surface area contributed by atoms with Gasteiger partial charge in [0.2, 0.25) is 10.0 Å². The minimum Gasteiger partial charge on any atom is -0.210 e. The van der Waals surface area contributed by atoms with Crippen LogP contribution in [0.15, 0.2) is 14.1 Å². The van der Waals surface area contributed by atoms with Gasteiger partial charge in [0.15, 0.2) is 0 Å². The van der Waals surface area contributed by atoms with E-state index in [1.165, 1.54) is 11.3 Å². The van der Waals surface area contributed by atoms with Crippen molar-refractivity contribution in [2.24, 2.45) is 0 Å². The number of nitrogens with one attached hydrogen (secondary N) is 1. The smallest absolute Gasteiger partial charge is 0.210 e. The maximum absolute atomic E-state index is 11.8. The van der Waals surface area contributed by atoms with E-state index in [9.17, 15) is 8.42 Å². The van der Waals surface area contributed by atoms with Crippen molar-refractivity contribution in [3.8, 4) is 0 Å². The van der Waals surface area contributed by atoms with Crippen LogP contribution in [-0.4, -0.2) is 20.3 Å². The molecule has 0 aliphatic rings. The summed E-state index contributed by atoms with van der Waals surface area (Å²) in [6.45, 7) is 2.37. The number of halogens is 2. The Morgan fingerprint density at radius 3 is 2.62 bits per heavy atom. The lowest BCUT2D eigenvalue weighted by molar-refractivity contribution is 0.580. The predicted octanol–water partition coefficient (Wildman–Crippen LogP) is 3.27. The third kappa shape index (κ3) is 4.10. The topological polar surface area (TPSA) is 46.2 Å². The molecule has 3 nitrogen and oxygen atoms in total. The molecule has 0 aromatic carbocycles. The molecule has 0 bridgehead atoms. The van der Waals surface area contributed by atoms with E-state index in [2.05, 4.69) is 36.6 Å². The first kappa shape index (κ1) is 14.6. The first-order valence-electron chi connectivity index (χ1n) is 4.79. The second kappa shape index (κ2) is 6.49. The second-order valence-electron chi connectivity index (χ2n) is 3.32. The lowest BCUT2D eigenvalue weighted by Crippen LogP contribution is -2.24. The monoisotopic (exact) mass is 389 g/mol. The summed E-state index contributed by atoms with van der Waals surface area (Å²) < 4.78 is 27.5. The van der Waals surface area contributed by atoms with Gasteiger partial charge in [-0.15, -0.1) is 11.3 Å². The summed E-state index contributed by atoms with van der Waals surface area (Å²) in [4.78, 5) is 0. The summed E-state index contributed by atoms with van der Waals surface area (Å²) >= 11 is 7.87. The molecule has 0 spiro atoms. The van der Waals surface area contributed by atoms with Gasteiger partial charge in [0.05, 0.1) is 3.79 Å². The van der Waals surface area contributed by atoms with Crippen LogP contribution in [0.2, 0.25) is 0 Å². The third-order valence-corrected chi connectivity index (χ3v) is 6.58.